The van der Waals surface area contributed by atoms with E-state index in [4.69, 9.17) is 9.47 Å². The summed E-state index contributed by atoms with van der Waals surface area (Å²) in [5, 5.41) is 7.44. The average Bonchev–Trinajstić information content (AvgIpc) is 2.52. The normalized spacial score (nSPS) is 10.1. The molecule has 0 aliphatic carbocycles. The van der Waals surface area contributed by atoms with E-state index >= 15 is 0 Å². The quantitative estimate of drug-likeness (QED) is 0.598. The molecule has 1 rings (SSSR count). The second-order valence-electron chi connectivity index (χ2n) is 2.80. The van der Waals surface area contributed by atoms with E-state index in [1.807, 2.05) is 0 Å². The number of rotatable bonds is 6. The number of ether oxygens (including phenoxy) is 2. The van der Waals surface area contributed by atoms with E-state index in [-0.39, 0.29) is 12.3 Å². The Labute approximate surface area is 81.8 Å². The van der Waals surface area contributed by atoms with E-state index in [1.54, 1.807) is 13.3 Å². The Bertz CT molecular complexity index is 298. The first-order valence-electron chi connectivity index (χ1n) is 4.23. The van der Waals surface area contributed by atoms with E-state index in [1.165, 1.54) is 11.6 Å². The zero-order valence-corrected chi connectivity index (χ0v) is 8.27. The van der Waals surface area contributed by atoms with Crippen LogP contribution in [0.4, 0.5) is 0 Å². The Hall–Kier alpha value is -1.43. The van der Waals surface area contributed by atoms with Crippen molar-refractivity contribution in [2.75, 3.05) is 20.3 Å². The SMILES string of the molecule is COCCOc1cn(CC(C)=O)nn1. The highest BCUT2D eigenvalue weighted by atomic mass is 16.5. The molecular weight excluding hydrogens is 186 g/mol. The van der Waals surface area contributed by atoms with Gasteiger partial charge < -0.3 is 9.47 Å². The molecule has 1 heterocycles. The molecule has 6 nitrogen and oxygen atoms in total. The van der Waals surface area contributed by atoms with Gasteiger partial charge in [-0.1, -0.05) is 10.3 Å². The predicted molar refractivity (Wildman–Crippen MR) is 48.1 cm³/mol. The van der Waals surface area contributed by atoms with Crippen LogP contribution in [0.25, 0.3) is 0 Å². The summed E-state index contributed by atoms with van der Waals surface area (Å²) in [5.41, 5.74) is 0. The lowest BCUT2D eigenvalue weighted by Gasteiger charge is -1.99. The molecule has 0 radical (unpaired) electrons. The Balaban J connectivity index is 2.38. The third kappa shape index (κ3) is 3.53. The van der Waals surface area contributed by atoms with Gasteiger partial charge in [0.25, 0.3) is 5.88 Å². The number of carbonyl (C=O) groups excluding carboxylic acids is 1. The maximum absolute atomic E-state index is 10.7. The standard InChI is InChI=1S/C8H13N3O3/c1-7(12)5-11-6-8(9-10-11)14-4-3-13-2/h6H,3-5H2,1-2H3. The van der Waals surface area contributed by atoms with Crippen LogP contribution in [-0.2, 0) is 16.1 Å². The van der Waals surface area contributed by atoms with Gasteiger partial charge in [0, 0.05) is 7.11 Å². The number of aromatic nitrogens is 3. The molecule has 0 saturated carbocycles. The van der Waals surface area contributed by atoms with Crippen molar-refractivity contribution in [3.8, 4) is 5.88 Å². The van der Waals surface area contributed by atoms with Crippen LogP contribution < -0.4 is 4.74 Å². The first-order chi connectivity index (χ1) is 6.72. The van der Waals surface area contributed by atoms with Gasteiger partial charge in [0.05, 0.1) is 12.8 Å². The number of carbonyl (C=O) groups is 1. The summed E-state index contributed by atoms with van der Waals surface area (Å²) in [6.45, 7) is 2.64. The molecule has 6 heteroatoms. The number of ketones is 1. The monoisotopic (exact) mass is 199 g/mol. The van der Waals surface area contributed by atoms with Gasteiger partial charge in [0.1, 0.15) is 13.2 Å². The van der Waals surface area contributed by atoms with Crippen LogP contribution in [0.1, 0.15) is 6.92 Å². The lowest BCUT2D eigenvalue weighted by molar-refractivity contribution is -0.117. The van der Waals surface area contributed by atoms with Crippen molar-refractivity contribution < 1.29 is 14.3 Å². The van der Waals surface area contributed by atoms with E-state index in [9.17, 15) is 4.79 Å². The van der Waals surface area contributed by atoms with Crippen LogP contribution in [0.15, 0.2) is 6.20 Å². The summed E-state index contributed by atoms with van der Waals surface area (Å²) in [6.07, 6.45) is 1.58. The van der Waals surface area contributed by atoms with Crippen LogP contribution in [0.3, 0.4) is 0 Å². The smallest absolute Gasteiger partial charge is 0.253 e. The Morgan fingerprint density at radius 1 is 1.57 bits per heavy atom. The number of hydrogen-bond acceptors (Lipinski definition) is 5. The second-order valence-corrected chi connectivity index (χ2v) is 2.80. The molecule has 0 aliphatic rings. The van der Waals surface area contributed by atoms with Crippen molar-refractivity contribution in [1.82, 2.24) is 15.0 Å². The van der Waals surface area contributed by atoms with Gasteiger partial charge in [-0.2, -0.15) is 0 Å². The molecule has 0 N–H and O–H groups in total. The fourth-order valence-corrected chi connectivity index (χ4v) is 0.882. The topological polar surface area (TPSA) is 66.2 Å². The minimum atomic E-state index is 0.0262. The fraction of sp³-hybridized carbons (Fsp3) is 0.625. The third-order valence-corrected chi connectivity index (χ3v) is 1.44. The summed E-state index contributed by atoms with van der Waals surface area (Å²) in [6, 6.07) is 0. The van der Waals surface area contributed by atoms with E-state index in [0.717, 1.165) is 0 Å². The van der Waals surface area contributed by atoms with Crippen molar-refractivity contribution in [3.05, 3.63) is 6.20 Å². The van der Waals surface area contributed by atoms with Gasteiger partial charge >= 0.3 is 0 Å². The van der Waals surface area contributed by atoms with Gasteiger partial charge in [0.15, 0.2) is 5.78 Å². The van der Waals surface area contributed by atoms with Crippen LogP contribution in [0.2, 0.25) is 0 Å². The molecule has 0 aliphatic heterocycles. The van der Waals surface area contributed by atoms with Crippen molar-refractivity contribution in [2.45, 2.75) is 13.5 Å². The molecule has 0 atom stereocenters. The number of Topliss-reactive ketones (excluding diaryl/α,β-unsaturated/α-hetero) is 1. The summed E-state index contributed by atoms with van der Waals surface area (Å²) in [4.78, 5) is 10.7. The molecule has 14 heavy (non-hydrogen) atoms. The molecule has 1 aromatic heterocycles. The maximum atomic E-state index is 10.7. The Morgan fingerprint density at radius 3 is 3.00 bits per heavy atom. The summed E-state index contributed by atoms with van der Waals surface area (Å²) >= 11 is 0. The van der Waals surface area contributed by atoms with E-state index in [2.05, 4.69) is 10.3 Å². The molecule has 0 bridgehead atoms. The third-order valence-electron chi connectivity index (χ3n) is 1.44. The van der Waals surface area contributed by atoms with Crippen molar-refractivity contribution in [2.24, 2.45) is 0 Å². The van der Waals surface area contributed by atoms with Crippen LogP contribution in [-0.4, -0.2) is 41.1 Å². The fourth-order valence-electron chi connectivity index (χ4n) is 0.882. The Morgan fingerprint density at radius 2 is 2.36 bits per heavy atom. The van der Waals surface area contributed by atoms with Crippen molar-refractivity contribution in [1.29, 1.82) is 0 Å². The molecule has 0 aromatic carbocycles. The van der Waals surface area contributed by atoms with Gasteiger partial charge in [-0.15, -0.1) is 0 Å². The van der Waals surface area contributed by atoms with E-state index < -0.39 is 0 Å². The zero-order chi connectivity index (χ0) is 10.4. The highest BCUT2D eigenvalue weighted by Crippen LogP contribution is 2.02. The molecular formula is C8H13N3O3. The van der Waals surface area contributed by atoms with E-state index in [0.29, 0.717) is 19.1 Å². The number of nitrogens with zero attached hydrogens (tertiary/aromatic N) is 3. The predicted octanol–water partition coefficient (Wildman–Crippen LogP) is -0.108. The highest BCUT2D eigenvalue weighted by molar-refractivity contribution is 5.75. The lowest BCUT2D eigenvalue weighted by atomic mass is 10.4. The summed E-state index contributed by atoms with van der Waals surface area (Å²) < 4.78 is 11.4. The maximum Gasteiger partial charge on any atom is 0.253 e. The minimum Gasteiger partial charge on any atom is -0.473 e. The lowest BCUT2D eigenvalue weighted by Crippen LogP contribution is -2.06. The summed E-state index contributed by atoms with van der Waals surface area (Å²) in [7, 11) is 1.59. The molecule has 0 spiro atoms. The van der Waals surface area contributed by atoms with Crippen LogP contribution in [0, 0.1) is 0 Å². The minimum absolute atomic E-state index is 0.0262. The zero-order valence-electron chi connectivity index (χ0n) is 8.27. The summed E-state index contributed by atoms with van der Waals surface area (Å²) in [5.74, 6) is 0.432. The molecule has 1 aromatic rings. The largest absolute Gasteiger partial charge is 0.473 e. The van der Waals surface area contributed by atoms with Gasteiger partial charge in [0.2, 0.25) is 0 Å². The second kappa shape index (κ2) is 5.33. The molecule has 0 unspecified atom stereocenters. The molecule has 78 valence electrons. The van der Waals surface area contributed by atoms with Crippen molar-refractivity contribution >= 4 is 5.78 Å². The van der Waals surface area contributed by atoms with Gasteiger partial charge in [-0.25, -0.2) is 4.68 Å². The van der Waals surface area contributed by atoms with Gasteiger partial charge in [-0.3, -0.25) is 4.79 Å². The molecule has 0 fully saturated rings. The first kappa shape index (κ1) is 10.6. The first-order valence-corrected chi connectivity index (χ1v) is 4.23. The van der Waals surface area contributed by atoms with Crippen molar-refractivity contribution in [3.63, 3.8) is 0 Å². The van der Waals surface area contributed by atoms with Gasteiger partial charge in [-0.05, 0) is 6.92 Å². The highest BCUT2D eigenvalue weighted by Gasteiger charge is 2.02. The van der Waals surface area contributed by atoms with Crippen LogP contribution in [0.5, 0.6) is 5.88 Å². The number of methoxy groups -OCH3 is 1. The molecule has 0 saturated heterocycles. The average molecular weight is 199 g/mol. The molecule has 0 amide bonds. The Kier molecular flexibility index (Phi) is 4.06. The number of hydrogen-bond donors (Lipinski definition) is 0. The van der Waals surface area contributed by atoms with Crippen LogP contribution >= 0.6 is 0 Å².